The Balaban J connectivity index is 2.28. The van der Waals surface area contributed by atoms with E-state index in [1.54, 1.807) is 6.07 Å². The molecule has 0 aliphatic rings. The third-order valence-electron chi connectivity index (χ3n) is 2.68. The zero-order valence-corrected chi connectivity index (χ0v) is 10.8. The lowest BCUT2D eigenvalue weighted by molar-refractivity contribution is -0.122. The van der Waals surface area contributed by atoms with Gasteiger partial charge in [0, 0.05) is 18.7 Å². The molecule has 1 rings (SSSR count). The van der Waals surface area contributed by atoms with Crippen LogP contribution in [0.2, 0.25) is 0 Å². The van der Waals surface area contributed by atoms with Crippen molar-refractivity contribution in [2.45, 2.75) is 26.3 Å². The number of nitrogens with two attached hydrogens (primary N) is 1. The molecule has 0 bridgehead atoms. The van der Waals surface area contributed by atoms with Gasteiger partial charge in [-0.25, -0.2) is 8.78 Å². The van der Waals surface area contributed by atoms with E-state index >= 15 is 0 Å². The first-order valence-electron chi connectivity index (χ1n) is 5.97. The Morgan fingerprint density at radius 3 is 2.89 bits per heavy atom. The van der Waals surface area contributed by atoms with Crippen molar-refractivity contribution in [2.24, 2.45) is 0 Å². The highest BCUT2D eigenvalue weighted by molar-refractivity contribution is 5.76. The van der Waals surface area contributed by atoms with Crippen LogP contribution in [0.1, 0.15) is 17.5 Å². The van der Waals surface area contributed by atoms with Crippen molar-refractivity contribution in [3.8, 4) is 0 Å². The molecule has 1 aromatic rings. The standard InChI is InChI=1S/C13H18F2N2O2/c1-9-10(3-2-4-11(9)16)7-17-13(18)5-6-19-8-12(14)15/h2-4,12H,5-8,16H2,1H3,(H,17,18). The highest BCUT2D eigenvalue weighted by Crippen LogP contribution is 2.14. The molecule has 0 fully saturated rings. The minimum Gasteiger partial charge on any atom is -0.399 e. The van der Waals surface area contributed by atoms with Gasteiger partial charge in [0.05, 0.1) is 6.61 Å². The minimum atomic E-state index is -2.50. The van der Waals surface area contributed by atoms with Crippen LogP contribution in [0.3, 0.4) is 0 Å². The zero-order valence-electron chi connectivity index (χ0n) is 10.8. The fourth-order valence-electron chi connectivity index (χ4n) is 1.51. The topological polar surface area (TPSA) is 64.3 Å². The second kappa shape index (κ2) is 7.68. The molecule has 0 aliphatic heterocycles. The van der Waals surface area contributed by atoms with Crippen LogP contribution in [-0.4, -0.2) is 25.5 Å². The summed E-state index contributed by atoms with van der Waals surface area (Å²) < 4.78 is 28.2. The van der Waals surface area contributed by atoms with Crippen LogP contribution in [0.5, 0.6) is 0 Å². The molecule has 0 heterocycles. The van der Waals surface area contributed by atoms with Gasteiger partial charge in [0.25, 0.3) is 6.43 Å². The molecule has 0 saturated carbocycles. The zero-order chi connectivity index (χ0) is 14.3. The lowest BCUT2D eigenvalue weighted by atomic mass is 10.1. The fourth-order valence-corrected chi connectivity index (χ4v) is 1.51. The van der Waals surface area contributed by atoms with Gasteiger partial charge in [0.1, 0.15) is 6.61 Å². The molecule has 0 aliphatic carbocycles. The second-order valence-corrected chi connectivity index (χ2v) is 4.12. The van der Waals surface area contributed by atoms with E-state index in [0.717, 1.165) is 11.1 Å². The van der Waals surface area contributed by atoms with E-state index in [1.807, 2.05) is 19.1 Å². The van der Waals surface area contributed by atoms with Gasteiger partial charge >= 0.3 is 0 Å². The molecule has 6 heteroatoms. The van der Waals surface area contributed by atoms with Gasteiger partial charge in [-0.05, 0) is 24.1 Å². The maximum absolute atomic E-state index is 11.8. The normalized spacial score (nSPS) is 10.7. The molecule has 3 N–H and O–H groups in total. The van der Waals surface area contributed by atoms with E-state index in [1.165, 1.54) is 0 Å². The Morgan fingerprint density at radius 2 is 2.21 bits per heavy atom. The Bertz CT molecular complexity index is 425. The average Bonchev–Trinajstić information content (AvgIpc) is 2.36. The van der Waals surface area contributed by atoms with Crippen molar-refractivity contribution >= 4 is 11.6 Å². The summed E-state index contributed by atoms with van der Waals surface area (Å²) in [6.07, 6.45) is -2.44. The van der Waals surface area contributed by atoms with E-state index in [4.69, 9.17) is 5.73 Å². The van der Waals surface area contributed by atoms with Gasteiger partial charge in [0.2, 0.25) is 5.91 Å². The van der Waals surface area contributed by atoms with Crippen LogP contribution in [0.25, 0.3) is 0 Å². The third kappa shape index (κ3) is 5.65. The Hall–Kier alpha value is -1.69. The van der Waals surface area contributed by atoms with E-state index in [-0.39, 0.29) is 18.9 Å². The van der Waals surface area contributed by atoms with Crippen molar-refractivity contribution in [3.05, 3.63) is 29.3 Å². The molecule has 0 aromatic heterocycles. The predicted molar refractivity (Wildman–Crippen MR) is 68.9 cm³/mol. The molecule has 0 saturated heterocycles. The van der Waals surface area contributed by atoms with Crippen LogP contribution in [0.15, 0.2) is 18.2 Å². The van der Waals surface area contributed by atoms with Gasteiger partial charge in [-0.2, -0.15) is 0 Å². The van der Waals surface area contributed by atoms with Gasteiger partial charge in [-0.15, -0.1) is 0 Å². The summed E-state index contributed by atoms with van der Waals surface area (Å²) in [5.41, 5.74) is 8.28. The number of hydrogen-bond donors (Lipinski definition) is 2. The smallest absolute Gasteiger partial charge is 0.261 e. The van der Waals surface area contributed by atoms with Crippen molar-refractivity contribution in [2.75, 3.05) is 18.9 Å². The van der Waals surface area contributed by atoms with Crippen molar-refractivity contribution in [3.63, 3.8) is 0 Å². The maximum atomic E-state index is 11.8. The van der Waals surface area contributed by atoms with E-state index in [0.29, 0.717) is 12.2 Å². The summed E-state index contributed by atoms with van der Waals surface area (Å²) in [4.78, 5) is 11.4. The lowest BCUT2D eigenvalue weighted by Gasteiger charge is -2.10. The first kappa shape index (κ1) is 15.4. The predicted octanol–water partition coefficient (Wildman–Crippen LogP) is 1.87. The van der Waals surface area contributed by atoms with Crippen LogP contribution in [0.4, 0.5) is 14.5 Å². The number of amides is 1. The van der Waals surface area contributed by atoms with E-state index in [2.05, 4.69) is 10.1 Å². The summed E-state index contributed by atoms with van der Waals surface area (Å²) in [7, 11) is 0. The molecule has 0 unspecified atom stereocenters. The first-order valence-corrected chi connectivity index (χ1v) is 5.97. The van der Waals surface area contributed by atoms with Crippen LogP contribution < -0.4 is 11.1 Å². The number of anilines is 1. The molecule has 0 spiro atoms. The Morgan fingerprint density at radius 1 is 1.47 bits per heavy atom. The number of carbonyl (C=O) groups excluding carboxylic acids is 1. The summed E-state index contributed by atoms with van der Waals surface area (Å²) in [6, 6.07) is 5.48. The van der Waals surface area contributed by atoms with Crippen molar-refractivity contribution in [1.29, 1.82) is 0 Å². The van der Waals surface area contributed by atoms with Crippen LogP contribution in [-0.2, 0) is 16.1 Å². The summed E-state index contributed by atoms with van der Waals surface area (Å²) in [5.74, 6) is -0.240. The van der Waals surface area contributed by atoms with Crippen molar-refractivity contribution in [1.82, 2.24) is 5.32 Å². The highest BCUT2D eigenvalue weighted by atomic mass is 19.3. The number of hydrogen-bond acceptors (Lipinski definition) is 3. The van der Waals surface area contributed by atoms with Gasteiger partial charge in [-0.3, -0.25) is 4.79 Å². The number of benzene rings is 1. The number of halogens is 2. The molecular formula is C13H18F2N2O2. The monoisotopic (exact) mass is 272 g/mol. The maximum Gasteiger partial charge on any atom is 0.261 e. The van der Waals surface area contributed by atoms with E-state index < -0.39 is 13.0 Å². The summed E-state index contributed by atoms with van der Waals surface area (Å²) >= 11 is 0. The minimum absolute atomic E-state index is 0.00785. The molecule has 1 aromatic carbocycles. The average molecular weight is 272 g/mol. The molecule has 106 valence electrons. The Kier molecular flexibility index (Phi) is 6.21. The molecular weight excluding hydrogens is 254 g/mol. The van der Waals surface area contributed by atoms with Crippen LogP contribution in [0, 0.1) is 6.92 Å². The number of nitrogens with one attached hydrogen (secondary N) is 1. The highest BCUT2D eigenvalue weighted by Gasteiger charge is 2.06. The van der Waals surface area contributed by atoms with Gasteiger partial charge in [0.15, 0.2) is 0 Å². The number of carbonyl (C=O) groups is 1. The summed E-state index contributed by atoms with van der Waals surface area (Å²) in [5, 5.41) is 2.69. The van der Waals surface area contributed by atoms with Gasteiger partial charge < -0.3 is 15.8 Å². The van der Waals surface area contributed by atoms with E-state index in [9.17, 15) is 13.6 Å². The molecule has 0 radical (unpaired) electrons. The fraction of sp³-hybridized carbons (Fsp3) is 0.462. The Labute approximate surface area is 110 Å². The molecule has 19 heavy (non-hydrogen) atoms. The largest absolute Gasteiger partial charge is 0.399 e. The first-order chi connectivity index (χ1) is 9.00. The third-order valence-corrected chi connectivity index (χ3v) is 2.68. The second-order valence-electron chi connectivity index (χ2n) is 4.12. The SMILES string of the molecule is Cc1c(N)cccc1CNC(=O)CCOCC(F)F. The number of rotatable bonds is 7. The molecule has 4 nitrogen and oxygen atoms in total. The van der Waals surface area contributed by atoms with Crippen molar-refractivity contribution < 1.29 is 18.3 Å². The molecule has 0 atom stereocenters. The lowest BCUT2D eigenvalue weighted by Crippen LogP contribution is -2.24. The molecule has 1 amide bonds. The number of ether oxygens (including phenoxy) is 1. The summed E-state index contributed by atoms with van der Waals surface area (Å²) in [6.45, 7) is 1.60. The van der Waals surface area contributed by atoms with Crippen LogP contribution >= 0.6 is 0 Å². The number of alkyl halides is 2. The van der Waals surface area contributed by atoms with Gasteiger partial charge in [-0.1, -0.05) is 12.1 Å². The quantitative estimate of drug-likeness (QED) is 0.588. The number of nitrogen functional groups attached to an aromatic ring is 1.